The van der Waals surface area contributed by atoms with Crippen LogP contribution in [0.4, 0.5) is 10.5 Å². The van der Waals surface area contributed by atoms with E-state index in [1.807, 2.05) is 26.0 Å². The van der Waals surface area contributed by atoms with Gasteiger partial charge in [-0.15, -0.1) is 0 Å². The fraction of sp³-hybridized carbons (Fsp3) is 0.105. The predicted molar refractivity (Wildman–Crippen MR) is 99.1 cm³/mol. The Labute approximate surface area is 153 Å². The van der Waals surface area contributed by atoms with Gasteiger partial charge in [-0.3, -0.25) is 14.9 Å². The van der Waals surface area contributed by atoms with Gasteiger partial charge in [-0.05, 0) is 54.8 Å². The number of carbonyl (C=O) groups excluding carboxylic acids is 3. The molecule has 0 radical (unpaired) electrons. The summed E-state index contributed by atoms with van der Waals surface area (Å²) in [5.41, 5.74) is 2.83. The molecule has 0 unspecified atom stereocenters. The first kappa shape index (κ1) is 17.1. The van der Waals surface area contributed by atoms with Gasteiger partial charge in [-0.25, -0.2) is 9.69 Å². The number of hydrogen-bond acceptors (Lipinski definition) is 3. The molecule has 1 aliphatic heterocycles. The van der Waals surface area contributed by atoms with Crippen LogP contribution < -0.4 is 10.2 Å². The molecule has 126 valence electrons. The maximum atomic E-state index is 12.9. The normalized spacial score (nSPS) is 16.4. The summed E-state index contributed by atoms with van der Waals surface area (Å²) in [6.07, 6.45) is 1.48. The molecule has 0 aliphatic carbocycles. The van der Waals surface area contributed by atoms with Crippen LogP contribution in [0.15, 0.2) is 52.5 Å². The summed E-state index contributed by atoms with van der Waals surface area (Å²) in [7, 11) is 0. The summed E-state index contributed by atoms with van der Waals surface area (Å²) in [5, 5.41) is 2.24. The monoisotopic (exact) mass is 398 g/mol. The molecule has 0 atom stereocenters. The lowest BCUT2D eigenvalue weighted by Crippen LogP contribution is -2.54. The Hall–Kier alpha value is -2.73. The molecule has 0 spiro atoms. The lowest BCUT2D eigenvalue weighted by molar-refractivity contribution is -0.122. The number of amides is 4. The highest BCUT2D eigenvalue weighted by atomic mass is 79.9. The van der Waals surface area contributed by atoms with E-state index in [0.717, 1.165) is 20.5 Å². The van der Waals surface area contributed by atoms with Gasteiger partial charge in [0, 0.05) is 4.47 Å². The fourth-order valence-corrected chi connectivity index (χ4v) is 3.03. The van der Waals surface area contributed by atoms with Crippen molar-refractivity contribution in [2.45, 2.75) is 13.8 Å². The molecule has 2 aromatic rings. The molecule has 0 bridgehead atoms. The Kier molecular flexibility index (Phi) is 4.55. The fourth-order valence-electron chi connectivity index (χ4n) is 2.62. The third-order valence-corrected chi connectivity index (χ3v) is 4.57. The number of anilines is 1. The summed E-state index contributed by atoms with van der Waals surface area (Å²) in [4.78, 5) is 38.3. The molecule has 1 aliphatic rings. The number of hydrogen-bond donors (Lipinski definition) is 1. The average molecular weight is 399 g/mol. The second kappa shape index (κ2) is 6.64. The molecule has 0 aromatic heterocycles. The van der Waals surface area contributed by atoms with Crippen molar-refractivity contribution in [2.75, 3.05) is 4.90 Å². The Balaban J connectivity index is 2.07. The third-order valence-electron chi connectivity index (χ3n) is 4.08. The highest BCUT2D eigenvalue weighted by Crippen LogP contribution is 2.27. The zero-order valence-electron chi connectivity index (χ0n) is 13.7. The first-order valence-electron chi connectivity index (χ1n) is 7.61. The molecule has 1 fully saturated rings. The highest BCUT2D eigenvalue weighted by Gasteiger charge is 2.37. The van der Waals surface area contributed by atoms with E-state index < -0.39 is 17.8 Å². The number of urea groups is 1. The van der Waals surface area contributed by atoms with E-state index in [1.165, 1.54) is 6.08 Å². The molecule has 1 heterocycles. The second-order valence-electron chi connectivity index (χ2n) is 5.73. The van der Waals surface area contributed by atoms with Gasteiger partial charge in [0.15, 0.2) is 0 Å². The van der Waals surface area contributed by atoms with Crippen molar-refractivity contribution in [3.63, 3.8) is 0 Å². The van der Waals surface area contributed by atoms with Crippen molar-refractivity contribution in [1.82, 2.24) is 5.32 Å². The van der Waals surface area contributed by atoms with E-state index in [1.54, 1.807) is 30.3 Å². The Morgan fingerprint density at radius 1 is 1.04 bits per heavy atom. The number of aryl methyl sites for hydroxylation is 1. The molecule has 1 N–H and O–H groups in total. The molecule has 2 aromatic carbocycles. The highest BCUT2D eigenvalue weighted by molar-refractivity contribution is 9.10. The van der Waals surface area contributed by atoms with Crippen molar-refractivity contribution in [2.24, 2.45) is 0 Å². The van der Waals surface area contributed by atoms with Crippen LogP contribution in [0.3, 0.4) is 0 Å². The molecule has 5 nitrogen and oxygen atoms in total. The third kappa shape index (κ3) is 3.25. The SMILES string of the molecule is Cc1cccc(N2C(=O)NC(=O)/C(=C\c3cccc(Br)c3)C2=O)c1C. The van der Waals surface area contributed by atoms with Crippen LogP contribution in [-0.4, -0.2) is 17.8 Å². The Bertz CT molecular complexity index is 934. The standard InChI is InChI=1S/C19H15BrN2O3/c1-11-5-3-8-16(12(11)2)22-18(24)15(17(23)21-19(22)25)10-13-6-4-7-14(20)9-13/h3-10H,1-2H3,(H,21,23,25)/b15-10+. The number of carbonyl (C=O) groups is 3. The lowest BCUT2D eigenvalue weighted by Gasteiger charge is -2.28. The van der Waals surface area contributed by atoms with Gasteiger partial charge < -0.3 is 0 Å². The minimum absolute atomic E-state index is 0.0846. The molecule has 6 heteroatoms. The van der Waals surface area contributed by atoms with Gasteiger partial charge in [-0.1, -0.05) is 40.2 Å². The molecule has 25 heavy (non-hydrogen) atoms. The Morgan fingerprint density at radius 3 is 2.48 bits per heavy atom. The van der Waals surface area contributed by atoms with Gasteiger partial charge >= 0.3 is 6.03 Å². The number of halogens is 1. The number of nitrogens with zero attached hydrogens (tertiary/aromatic N) is 1. The van der Waals surface area contributed by atoms with Gasteiger partial charge in [0.1, 0.15) is 5.57 Å². The van der Waals surface area contributed by atoms with Gasteiger partial charge in [-0.2, -0.15) is 0 Å². The zero-order valence-corrected chi connectivity index (χ0v) is 15.3. The van der Waals surface area contributed by atoms with E-state index in [4.69, 9.17) is 0 Å². The zero-order chi connectivity index (χ0) is 18.1. The molecule has 0 saturated carbocycles. The van der Waals surface area contributed by atoms with Crippen LogP contribution in [0.5, 0.6) is 0 Å². The van der Waals surface area contributed by atoms with Crippen LogP contribution in [0, 0.1) is 13.8 Å². The smallest absolute Gasteiger partial charge is 0.273 e. The lowest BCUT2D eigenvalue weighted by atomic mass is 10.0. The second-order valence-corrected chi connectivity index (χ2v) is 6.65. The van der Waals surface area contributed by atoms with E-state index in [9.17, 15) is 14.4 Å². The summed E-state index contributed by atoms with van der Waals surface area (Å²) in [5.74, 6) is -1.33. The van der Waals surface area contributed by atoms with E-state index in [-0.39, 0.29) is 5.57 Å². The molecular weight excluding hydrogens is 384 g/mol. The molecule has 4 amide bonds. The first-order valence-corrected chi connectivity index (χ1v) is 8.41. The van der Waals surface area contributed by atoms with Gasteiger partial charge in [0.05, 0.1) is 5.69 Å². The van der Waals surface area contributed by atoms with Crippen molar-refractivity contribution in [1.29, 1.82) is 0 Å². The topological polar surface area (TPSA) is 66.5 Å². The van der Waals surface area contributed by atoms with Crippen molar-refractivity contribution >= 4 is 45.5 Å². The first-order chi connectivity index (χ1) is 11.9. The summed E-state index contributed by atoms with van der Waals surface area (Å²) in [6.45, 7) is 3.73. The van der Waals surface area contributed by atoms with Crippen LogP contribution in [-0.2, 0) is 9.59 Å². The molecule has 3 rings (SSSR count). The molecule has 1 saturated heterocycles. The van der Waals surface area contributed by atoms with Gasteiger partial charge in [0.2, 0.25) is 0 Å². The van der Waals surface area contributed by atoms with Crippen LogP contribution in [0.25, 0.3) is 6.08 Å². The maximum absolute atomic E-state index is 12.9. The minimum Gasteiger partial charge on any atom is -0.273 e. The quantitative estimate of drug-likeness (QED) is 0.618. The number of benzene rings is 2. The minimum atomic E-state index is -0.741. The van der Waals surface area contributed by atoms with E-state index in [2.05, 4.69) is 21.2 Å². The number of nitrogens with one attached hydrogen (secondary N) is 1. The van der Waals surface area contributed by atoms with Crippen molar-refractivity contribution in [3.05, 3.63) is 69.2 Å². The number of rotatable bonds is 2. The number of imide groups is 2. The van der Waals surface area contributed by atoms with Crippen LogP contribution in [0.2, 0.25) is 0 Å². The van der Waals surface area contributed by atoms with Crippen LogP contribution in [0.1, 0.15) is 16.7 Å². The summed E-state index contributed by atoms with van der Waals surface area (Å²) < 4.78 is 0.827. The van der Waals surface area contributed by atoms with E-state index >= 15 is 0 Å². The Morgan fingerprint density at radius 2 is 1.76 bits per heavy atom. The summed E-state index contributed by atoms with van der Waals surface area (Å²) in [6, 6.07) is 11.8. The predicted octanol–water partition coefficient (Wildman–Crippen LogP) is 3.73. The maximum Gasteiger partial charge on any atom is 0.335 e. The van der Waals surface area contributed by atoms with Crippen molar-refractivity contribution < 1.29 is 14.4 Å². The van der Waals surface area contributed by atoms with Crippen LogP contribution >= 0.6 is 15.9 Å². The van der Waals surface area contributed by atoms with Crippen molar-refractivity contribution in [3.8, 4) is 0 Å². The molecular formula is C19H15BrN2O3. The number of barbiturate groups is 1. The van der Waals surface area contributed by atoms with Gasteiger partial charge in [0.25, 0.3) is 11.8 Å². The van der Waals surface area contributed by atoms with E-state index in [0.29, 0.717) is 11.3 Å². The average Bonchev–Trinajstić information content (AvgIpc) is 2.55. The summed E-state index contributed by atoms with van der Waals surface area (Å²) >= 11 is 3.35. The largest absolute Gasteiger partial charge is 0.335 e.